The van der Waals surface area contributed by atoms with Gasteiger partial charge in [-0.1, -0.05) is 12.1 Å². The molecule has 1 fully saturated rings. The summed E-state index contributed by atoms with van der Waals surface area (Å²) >= 11 is 0. The highest BCUT2D eigenvalue weighted by Crippen LogP contribution is 2.15. The lowest BCUT2D eigenvalue weighted by Gasteiger charge is -2.14. The molecule has 1 aromatic rings. The van der Waals surface area contributed by atoms with E-state index in [0.29, 0.717) is 24.2 Å². The van der Waals surface area contributed by atoms with E-state index in [1.165, 1.54) is 7.11 Å². The van der Waals surface area contributed by atoms with Crippen LogP contribution < -0.4 is 0 Å². The summed E-state index contributed by atoms with van der Waals surface area (Å²) in [4.78, 5) is 25.2. The van der Waals surface area contributed by atoms with Crippen molar-refractivity contribution in [1.29, 1.82) is 5.26 Å². The summed E-state index contributed by atoms with van der Waals surface area (Å²) < 4.78 is 4.62. The lowest BCUT2D eigenvalue weighted by atomic mass is 10.1. The molecule has 1 amide bonds. The minimum Gasteiger partial charge on any atom is -0.465 e. The lowest BCUT2D eigenvalue weighted by Crippen LogP contribution is -2.28. The minimum absolute atomic E-state index is 0.114. The van der Waals surface area contributed by atoms with Crippen molar-refractivity contribution in [2.24, 2.45) is 0 Å². The van der Waals surface area contributed by atoms with Gasteiger partial charge in [-0.05, 0) is 36.6 Å². The van der Waals surface area contributed by atoms with Crippen LogP contribution in [0.15, 0.2) is 29.8 Å². The third-order valence-electron chi connectivity index (χ3n) is 3.39. The van der Waals surface area contributed by atoms with E-state index in [2.05, 4.69) is 4.74 Å². The number of hydrogen-bond acceptors (Lipinski definition) is 4. The van der Waals surface area contributed by atoms with Crippen LogP contribution in [-0.2, 0) is 9.53 Å². The molecule has 0 aliphatic carbocycles. The molecule has 1 aliphatic heterocycles. The van der Waals surface area contributed by atoms with Gasteiger partial charge in [0.25, 0.3) is 5.91 Å². The van der Waals surface area contributed by atoms with E-state index in [9.17, 15) is 9.59 Å². The predicted molar refractivity (Wildman–Crippen MR) is 77.2 cm³/mol. The summed E-state index contributed by atoms with van der Waals surface area (Å²) in [7, 11) is 1.32. The first-order valence-corrected chi connectivity index (χ1v) is 6.75. The second-order valence-corrected chi connectivity index (χ2v) is 4.78. The van der Waals surface area contributed by atoms with Gasteiger partial charge in [0, 0.05) is 13.1 Å². The third-order valence-corrected chi connectivity index (χ3v) is 3.39. The summed E-state index contributed by atoms with van der Waals surface area (Å²) in [5.41, 5.74) is 1.24. The molecule has 0 N–H and O–H groups in total. The largest absolute Gasteiger partial charge is 0.465 e. The van der Waals surface area contributed by atoms with Crippen molar-refractivity contribution in [2.75, 3.05) is 20.2 Å². The Balaban J connectivity index is 2.18. The Labute approximate surface area is 123 Å². The highest BCUT2D eigenvalue weighted by Gasteiger charge is 2.21. The van der Waals surface area contributed by atoms with Gasteiger partial charge in [-0.2, -0.15) is 5.26 Å². The smallest absolute Gasteiger partial charge is 0.337 e. The normalized spacial score (nSPS) is 14.7. The maximum absolute atomic E-state index is 12.2. The second kappa shape index (κ2) is 6.71. The number of ether oxygens (including phenoxy) is 1. The van der Waals surface area contributed by atoms with Crippen LogP contribution >= 0.6 is 0 Å². The Morgan fingerprint density at radius 1 is 1.24 bits per heavy atom. The topological polar surface area (TPSA) is 70.4 Å². The predicted octanol–water partition coefficient (Wildman–Crippen LogP) is 2.00. The number of nitriles is 1. The molecule has 21 heavy (non-hydrogen) atoms. The average molecular weight is 284 g/mol. The average Bonchev–Trinajstić information content (AvgIpc) is 3.06. The Morgan fingerprint density at radius 3 is 2.38 bits per heavy atom. The number of benzene rings is 1. The molecule has 0 aromatic heterocycles. The summed E-state index contributed by atoms with van der Waals surface area (Å²) in [6.45, 7) is 1.41. The van der Waals surface area contributed by atoms with Gasteiger partial charge in [0.2, 0.25) is 0 Å². The summed E-state index contributed by atoms with van der Waals surface area (Å²) in [6.07, 6.45) is 3.51. The zero-order chi connectivity index (χ0) is 15.2. The van der Waals surface area contributed by atoms with Crippen LogP contribution in [0.3, 0.4) is 0 Å². The van der Waals surface area contributed by atoms with Gasteiger partial charge in [0.05, 0.1) is 12.7 Å². The van der Waals surface area contributed by atoms with E-state index in [4.69, 9.17) is 5.26 Å². The molecule has 2 rings (SSSR count). The van der Waals surface area contributed by atoms with Crippen molar-refractivity contribution >= 4 is 18.0 Å². The van der Waals surface area contributed by atoms with Crippen LogP contribution in [0.25, 0.3) is 6.08 Å². The summed E-state index contributed by atoms with van der Waals surface area (Å²) in [5, 5.41) is 9.16. The molecule has 0 saturated carbocycles. The maximum atomic E-state index is 12.2. The molecule has 108 valence electrons. The number of carbonyl (C=O) groups excluding carboxylic acids is 2. The SMILES string of the molecule is COC(=O)c1ccc(/C=C(\C#N)C(=O)N2CCCC2)cc1. The Kier molecular flexibility index (Phi) is 4.72. The van der Waals surface area contributed by atoms with Crippen LogP contribution in [0, 0.1) is 11.3 Å². The molecule has 0 atom stereocenters. The number of likely N-dealkylation sites (tertiary alicyclic amines) is 1. The van der Waals surface area contributed by atoms with Gasteiger partial charge < -0.3 is 9.64 Å². The standard InChI is InChI=1S/C16H16N2O3/c1-21-16(20)13-6-4-12(5-7-13)10-14(11-17)15(19)18-8-2-3-9-18/h4-7,10H,2-3,8-9H2,1H3/b14-10+. The van der Waals surface area contributed by atoms with E-state index in [0.717, 1.165) is 12.8 Å². The van der Waals surface area contributed by atoms with Crippen molar-refractivity contribution in [3.63, 3.8) is 0 Å². The number of carbonyl (C=O) groups is 2. The molecule has 5 heteroatoms. The molecule has 0 bridgehead atoms. The Hall–Kier alpha value is -2.61. The van der Waals surface area contributed by atoms with Gasteiger partial charge in [0.1, 0.15) is 11.6 Å². The van der Waals surface area contributed by atoms with E-state index in [1.54, 1.807) is 35.2 Å². The van der Waals surface area contributed by atoms with Crippen molar-refractivity contribution < 1.29 is 14.3 Å². The highest BCUT2D eigenvalue weighted by molar-refractivity contribution is 6.01. The first-order valence-electron chi connectivity index (χ1n) is 6.75. The monoisotopic (exact) mass is 284 g/mol. The quantitative estimate of drug-likeness (QED) is 0.483. The van der Waals surface area contributed by atoms with Crippen molar-refractivity contribution in [3.8, 4) is 6.07 Å². The number of methoxy groups -OCH3 is 1. The van der Waals surface area contributed by atoms with Gasteiger partial charge in [-0.15, -0.1) is 0 Å². The molecule has 1 saturated heterocycles. The van der Waals surface area contributed by atoms with Crippen LogP contribution in [0.4, 0.5) is 0 Å². The fourth-order valence-electron chi connectivity index (χ4n) is 2.23. The van der Waals surface area contributed by atoms with E-state index >= 15 is 0 Å². The van der Waals surface area contributed by atoms with Crippen LogP contribution in [0.2, 0.25) is 0 Å². The first kappa shape index (κ1) is 14.8. The van der Waals surface area contributed by atoms with Gasteiger partial charge in [0.15, 0.2) is 0 Å². The minimum atomic E-state index is -0.417. The summed E-state index contributed by atoms with van der Waals surface area (Å²) in [6, 6.07) is 8.53. The highest BCUT2D eigenvalue weighted by atomic mass is 16.5. The molecular weight excluding hydrogens is 268 g/mol. The zero-order valence-electron chi connectivity index (χ0n) is 11.8. The van der Waals surface area contributed by atoms with Crippen molar-refractivity contribution in [3.05, 3.63) is 41.0 Å². The number of rotatable bonds is 3. The van der Waals surface area contributed by atoms with Crippen LogP contribution in [-0.4, -0.2) is 37.0 Å². The lowest BCUT2D eigenvalue weighted by molar-refractivity contribution is -0.125. The van der Waals surface area contributed by atoms with Crippen molar-refractivity contribution in [1.82, 2.24) is 4.90 Å². The van der Waals surface area contributed by atoms with Gasteiger partial charge in [-0.3, -0.25) is 4.79 Å². The maximum Gasteiger partial charge on any atom is 0.337 e. The van der Waals surface area contributed by atoms with Crippen LogP contribution in [0.5, 0.6) is 0 Å². The number of esters is 1. The van der Waals surface area contributed by atoms with Crippen molar-refractivity contribution in [2.45, 2.75) is 12.8 Å². The van der Waals surface area contributed by atoms with E-state index in [-0.39, 0.29) is 11.5 Å². The van der Waals surface area contributed by atoms with Gasteiger partial charge >= 0.3 is 5.97 Å². The zero-order valence-corrected chi connectivity index (χ0v) is 11.8. The number of amides is 1. The molecular formula is C16H16N2O3. The molecule has 1 aromatic carbocycles. The van der Waals surface area contributed by atoms with E-state index in [1.807, 2.05) is 6.07 Å². The Morgan fingerprint density at radius 2 is 1.86 bits per heavy atom. The number of hydrogen-bond donors (Lipinski definition) is 0. The first-order chi connectivity index (χ1) is 10.2. The molecule has 0 radical (unpaired) electrons. The molecule has 5 nitrogen and oxygen atoms in total. The van der Waals surface area contributed by atoms with Gasteiger partial charge in [-0.25, -0.2) is 4.79 Å². The third kappa shape index (κ3) is 3.48. The fourth-order valence-corrected chi connectivity index (χ4v) is 2.23. The number of nitrogens with zero attached hydrogens (tertiary/aromatic N) is 2. The molecule has 1 heterocycles. The molecule has 1 aliphatic rings. The molecule has 0 spiro atoms. The fraction of sp³-hybridized carbons (Fsp3) is 0.312. The van der Waals surface area contributed by atoms with Crippen LogP contribution in [0.1, 0.15) is 28.8 Å². The second-order valence-electron chi connectivity index (χ2n) is 4.78. The Bertz CT molecular complexity index is 605. The molecule has 0 unspecified atom stereocenters. The van der Waals surface area contributed by atoms with E-state index < -0.39 is 5.97 Å². The summed E-state index contributed by atoms with van der Waals surface area (Å²) in [5.74, 6) is -0.647.